The van der Waals surface area contributed by atoms with Crippen LogP contribution in [0.1, 0.15) is 46.5 Å². The topological polar surface area (TPSA) is 9.23 Å². The van der Waals surface area contributed by atoms with Gasteiger partial charge in [-0.25, -0.2) is 0 Å². The molecule has 0 rings (SSSR count). The molecular weight excluding hydrogens is 143 g/mol. The van der Waals surface area contributed by atoms with E-state index in [1.165, 1.54) is 11.5 Å². The third kappa shape index (κ3) is 3.98. The molecule has 0 fully saturated rings. The van der Waals surface area contributed by atoms with Crippen LogP contribution in [0.2, 0.25) is 5.09 Å². The summed E-state index contributed by atoms with van der Waals surface area (Å²) in [6.07, 6.45) is 4.62. The summed E-state index contributed by atoms with van der Waals surface area (Å²) in [6.45, 7) is 7.60. The van der Waals surface area contributed by atoms with E-state index in [2.05, 4.69) is 38.5 Å². The summed E-state index contributed by atoms with van der Waals surface area (Å²) >= 11 is 2.20. The van der Waals surface area contributed by atoms with Crippen LogP contribution < -0.4 is 0 Å². The third-order valence-corrected chi connectivity index (χ3v) is 2.84. The van der Waals surface area contributed by atoms with E-state index >= 15 is 0 Å². The molecule has 0 saturated heterocycles. The number of hydrogen-bond acceptors (Lipinski definition) is 1. The molecule has 0 N–H and O–H groups in total. The molecule has 68 valence electrons. The summed E-state index contributed by atoms with van der Waals surface area (Å²) in [6, 6.07) is 0. The van der Waals surface area contributed by atoms with Crippen molar-refractivity contribution < 1.29 is 4.74 Å². The molecule has 12 heavy (non-hydrogen) atoms. The molecule has 0 aromatic carbocycles. The first-order valence-electron chi connectivity index (χ1n) is 5.38. The average Bonchev–Trinajstić information content (AvgIpc) is 2.14. The zero-order chi connectivity index (χ0) is 9.45. The Morgan fingerprint density at radius 1 is 1.08 bits per heavy atom. The predicted molar refractivity (Wildman–Crippen MR) is 54.7 cm³/mol. The van der Waals surface area contributed by atoms with Gasteiger partial charge in [-0.1, -0.05) is 0 Å². The van der Waals surface area contributed by atoms with Gasteiger partial charge in [-0.2, -0.15) is 0 Å². The van der Waals surface area contributed by atoms with Crippen LogP contribution in [-0.4, -0.2) is 29.9 Å². The normalized spacial score (nSPS) is 12.1. The first-order valence-corrected chi connectivity index (χ1v) is 5.38. The molecule has 1 nitrogen and oxygen atoms in total. The van der Waals surface area contributed by atoms with Gasteiger partial charge in [0.05, 0.1) is 0 Å². The third-order valence-electron chi connectivity index (χ3n) is 2.84. The first-order chi connectivity index (χ1) is 5.74. The Labute approximate surface area is 86.5 Å². The molecule has 0 atom stereocenters. The van der Waals surface area contributed by atoms with Gasteiger partial charge < -0.3 is 0 Å². The molecule has 0 aliphatic rings. The van der Waals surface area contributed by atoms with E-state index < -0.39 is 0 Å². The molecule has 0 heterocycles. The van der Waals surface area contributed by atoms with Gasteiger partial charge in [-0.3, -0.25) is 0 Å². The average molecular weight is 164 g/mol. The van der Waals surface area contributed by atoms with Gasteiger partial charge in [0.2, 0.25) is 0 Å². The van der Waals surface area contributed by atoms with Crippen molar-refractivity contribution in [1.29, 1.82) is 0 Å². The Morgan fingerprint density at radius 3 is 1.92 bits per heavy atom. The Bertz CT molecular complexity index is 91.7. The molecule has 0 spiro atoms. The summed E-state index contributed by atoms with van der Waals surface area (Å²) in [5, 5.41) is 1.23. The standard InChI is InChI=1S/C10H21O.Li/c1-5-9-11-10(6-2,7-3)8-4;/h1,5-9H2,2-4H3;. The Hall–Kier alpha value is 0.557. The van der Waals surface area contributed by atoms with E-state index in [1.54, 1.807) is 0 Å². The van der Waals surface area contributed by atoms with Crippen LogP contribution in [-0.2, 0) is 4.74 Å². The molecular formula is C10H21LiO. The summed E-state index contributed by atoms with van der Waals surface area (Å²) in [5.41, 5.74) is 0.176. The molecule has 0 bridgehead atoms. The van der Waals surface area contributed by atoms with Crippen molar-refractivity contribution in [3.05, 3.63) is 0 Å². The van der Waals surface area contributed by atoms with E-state index in [0.29, 0.717) is 0 Å². The van der Waals surface area contributed by atoms with Gasteiger partial charge in [0.25, 0.3) is 0 Å². The van der Waals surface area contributed by atoms with E-state index in [4.69, 9.17) is 4.74 Å². The van der Waals surface area contributed by atoms with Gasteiger partial charge in [-0.15, -0.1) is 0 Å². The summed E-state index contributed by atoms with van der Waals surface area (Å²) in [4.78, 5) is 0. The quantitative estimate of drug-likeness (QED) is 0.415. The second-order valence-electron chi connectivity index (χ2n) is 3.45. The van der Waals surface area contributed by atoms with Gasteiger partial charge in [0.1, 0.15) is 0 Å². The molecule has 0 aromatic rings. The fourth-order valence-corrected chi connectivity index (χ4v) is 1.49. The fourth-order valence-electron chi connectivity index (χ4n) is 1.49. The van der Waals surface area contributed by atoms with Gasteiger partial charge >= 0.3 is 86.2 Å². The first kappa shape index (κ1) is 12.6. The van der Waals surface area contributed by atoms with Crippen molar-refractivity contribution in [3.8, 4) is 0 Å². The van der Waals surface area contributed by atoms with Crippen molar-refractivity contribution >= 4 is 17.7 Å². The Morgan fingerprint density at radius 2 is 1.58 bits per heavy atom. The van der Waals surface area contributed by atoms with E-state index in [-0.39, 0.29) is 5.60 Å². The van der Waals surface area contributed by atoms with Gasteiger partial charge in [0, 0.05) is 0 Å². The van der Waals surface area contributed by atoms with Crippen molar-refractivity contribution in [3.63, 3.8) is 0 Å². The van der Waals surface area contributed by atoms with E-state index in [9.17, 15) is 0 Å². The van der Waals surface area contributed by atoms with Crippen LogP contribution in [0.5, 0.6) is 0 Å². The van der Waals surface area contributed by atoms with Crippen molar-refractivity contribution in [1.82, 2.24) is 0 Å². The van der Waals surface area contributed by atoms with Crippen LogP contribution in [0, 0.1) is 0 Å². The van der Waals surface area contributed by atoms with Crippen molar-refractivity contribution in [2.45, 2.75) is 57.1 Å². The maximum absolute atomic E-state index is 5.92. The molecule has 0 amide bonds. The van der Waals surface area contributed by atoms with Crippen LogP contribution in [0.25, 0.3) is 0 Å². The molecule has 0 unspecified atom stereocenters. The van der Waals surface area contributed by atoms with Crippen molar-refractivity contribution in [2.75, 3.05) is 6.61 Å². The van der Waals surface area contributed by atoms with E-state index in [1.807, 2.05) is 0 Å². The van der Waals surface area contributed by atoms with Crippen LogP contribution in [0.4, 0.5) is 0 Å². The molecule has 0 aliphatic carbocycles. The minimum absolute atomic E-state index is 0.176. The van der Waals surface area contributed by atoms with Crippen LogP contribution >= 0.6 is 0 Å². The summed E-state index contributed by atoms with van der Waals surface area (Å²) < 4.78 is 5.92. The Balaban J connectivity index is 3.76. The summed E-state index contributed by atoms with van der Waals surface area (Å²) in [7, 11) is 0. The van der Waals surface area contributed by atoms with Gasteiger partial charge in [-0.05, 0) is 0 Å². The minimum atomic E-state index is 0.176. The second kappa shape index (κ2) is 7.01. The number of ether oxygens (including phenoxy) is 1. The van der Waals surface area contributed by atoms with E-state index in [0.717, 1.165) is 25.9 Å². The molecule has 0 saturated carbocycles. The monoisotopic (exact) mass is 164 g/mol. The zero-order valence-electron chi connectivity index (χ0n) is 9.15. The number of rotatable bonds is 7. The molecule has 2 heteroatoms. The maximum atomic E-state index is 5.92. The van der Waals surface area contributed by atoms with Gasteiger partial charge in [0.15, 0.2) is 0 Å². The summed E-state index contributed by atoms with van der Waals surface area (Å²) in [5.74, 6) is 0. The SMILES string of the molecule is [Li][CH2]CCOC(CC)(CC)CC. The molecule has 0 aromatic heterocycles. The van der Waals surface area contributed by atoms with Crippen molar-refractivity contribution in [2.24, 2.45) is 0 Å². The Kier molecular flexibility index (Phi) is 7.33. The molecule has 0 radical (unpaired) electrons. The number of hydrogen-bond donors (Lipinski definition) is 0. The fraction of sp³-hybridized carbons (Fsp3) is 1.00. The zero-order valence-corrected chi connectivity index (χ0v) is 9.15. The second-order valence-corrected chi connectivity index (χ2v) is 3.45. The molecule has 0 aliphatic heterocycles. The van der Waals surface area contributed by atoms with Crippen LogP contribution in [0.3, 0.4) is 0 Å². The predicted octanol–water partition coefficient (Wildman–Crippen LogP) is 2.95. The van der Waals surface area contributed by atoms with Crippen LogP contribution in [0.15, 0.2) is 0 Å².